The van der Waals surface area contributed by atoms with E-state index in [9.17, 15) is 9.59 Å². The molecule has 1 fully saturated rings. The van der Waals surface area contributed by atoms with Crippen LogP contribution in [0.3, 0.4) is 0 Å². The SMILES string of the molecule is CN(C)c1nc2cc(N=C3SC(=O)CCN3CCC(=O)O)ccc2o1. The summed E-state index contributed by atoms with van der Waals surface area (Å²) in [5.41, 5.74) is 1.97. The molecule has 1 aromatic heterocycles. The van der Waals surface area contributed by atoms with Crippen LogP contribution in [0.15, 0.2) is 27.6 Å². The van der Waals surface area contributed by atoms with Gasteiger partial charge in [0.15, 0.2) is 15.9 Å². The van der Waals surface area contributed by atoms with Gasteiger partial charge in [-0.1, -0.05) is 0 Å². The third kappa shape index (κ3) is 4.11. The number of amidine groups is 1. The Morgan fingerprint density at radius 3 is 3.00 bits per heavy atom. The first-order valence-corrected chi connectivity index (χ1v) is 8.58. The predicted octanol–water partition coefficient (Wildman–Crippen LogP) is 2.32. The number of aliphatic imine (C=N–C) groups is 1. The van der Waals surface area contributed by atoms with E-state index in [2.05, 4.69) is 9.98 Å². The second-order valence-electron chi connectivity index (χ2n) is 5.79. The highest BCUT2D eigenvalue weighted by Gasteiger charge is 2.23. The smallest absolute Gasteiger partial charge is 0.305 e. The van der Waals surface area contributed by atoms with E-state index in [0.29, 0.717) is 47.5 Å². The van der Waals surface area contributed by atoms with Crippen molar-refractivity contribution in [2.24, 2.45) is 4.99 Å². The Morgan fingerprint density at radius 1 is 1.48 bits per heavy atom. The highest BCUT2D eigenvalue weighted by Crippen LogP contribution is 2.28. The second-order valence-corrected chi connectivity index (χ2v) is 6.82. The Bertz CT molecular complexity index is 846. The zero-order valence-electron chi connectivity index (χ0n) is 13.9. The van der Waals surface area contributed by atoms with Crippen molar-refractivity contribution in [2.75, 3.05) is 32.1 Å². The van der Waals surface area contributed by atoms with Crippen LogP contribution in [-0.4, -0.2) is 58.4 Å². The molecule has 0 radical (unpaired) electrons. The molecule has 1 saturated heterocycles. The molecule has 0 spiro atoms. The highest BCUT2D eigenvalue weighted by molar-refractivity contribution is 8.26. The molecular weight excluding hydrogens is 344 g/mol. The summed E-state index contributed by atoms with van der Waals surface area (Å²) in [6, 6.07) is 5.86. The molecule has 2 aromatic rings. The van der Waals surface area contributed by atoms with Crippen molar-refractivity contribution in [1.82, 2.24) is 9.88 Å². The van der Waals surface area contributed by atoms with Gasteiger partial charge in [-0.3, -0.25) is 9.59 Å². The van der Waals surface area contributed by atoms with E-state index in [1.54, 1.807) is 23.1 Å². The number of carboxylic acids is 1. The summed E-state index contributed by atoms with van der Waals surface area (Å²) in [6.45, 7) is 0.806. The number of carbonyl (C=O) groups is 2. The lowest BCUT2D eigenvalue weighted by molar-refractivity contribution is -0.137. The fourth-order valence-electron chi connectivity index (χ4n) is 2.35. The van der Waals surface area contributed by atoms with E-state index in [0.717, 1.165) is 11.8 Å². The Morgan fingerprint density at radius 2 is 2.28 bits per heavy atom. The zero-order valence-corrected chi connectivity index (χ0v) is 14.7. The van der Waals surface area contributed by atoms with Gasteiger partial charge in [0.25, 0.3) is 6.01 Å². The first-order valence-electron chi connectivity index (χ1n) is 7.76. The molecule has 3 rings (SSSR count). The third-order valence-electron chi connectivity index (χ3n) is 3.62. The molecule has 1 aliphatic heterocycles. The van der Waals surface area contributed by atoms with Crippen LogP contribution in [-0.2, 0) is 9.59 Å². The Labute approximate surface area is 148 Å². The fourth-order valence-corrected chi connectivity index (χ4v) is 3.21. The maximum Gasteiger partial charge on any atom is 0.305 e. The van der Waals surface area contributed by atoms with Crippen molar-refractivity contribution in [2.45, 2.75) is 12.8 Å². The Balaban J connectivity index is 1.88. The maximum absolute atomic E-state index is 11.7. The highest BCUT2D eigenvalue weighted by atomic mass is 32.2. The van der Waals surface area contributed by atoms with Crippen LogP contribution < -0.4 is 4.90 Å². The number of aromatic nitrogens is 1. The quantitative estimate of drug-likeness (QED) is 0.865. The summed E-state index contributed by atoms with van der Waals surface area (Å²) >= 11 is 1.05. The average molecular weight is 362 g/mol. The number of carboxylic acid groups (broad SMARTS) is 1. The molecule has 132 valence electrons. The van der Waals surface area contributed by atoms with Crippen molar-refractivity contribution in [1.29, 1.82) is 0 Å². The molecule has 0 aliphatic carbocycles. The maximum atomic E-state index is 11.7. The van der Waals surface area contributed by atoms with E-state index in [1.807, 2.05) is 19.0 Å². The lowest BCUT2D eigenvalue weighted by Crippen LogP contribution is -2.37. The number of hydrogen-bond acceptors (Lipinski definition) is 7. The fraction of sp³-hybridized carbons (Fsp3) is 0.375. The van der Waals surface area contributed by atoms with Gasteiger partial charge in [-0.05, 0) is 30.0 Å². The second kappa shape index (κ2) is 7.14. The monoisotopic (exact) mass is 362 g/mol. The molecule has 8 nitrogen and oxygen atoms in total. The summed E-state index contributed by atoms with van der Waals surface area (Å²) in [5.74, 6) is -0.874. The molecule has 0 saturated carbocycles. The summed E-state index contributed by atoms with van der Waals surface area (Å²) in [4.78, 5) is 35.1. The molecule has 1 aromatic carbocycles. The van der Waals surface area contributed by atoms with Gasteiger partial charge in [0.1, 0.15) is 5.52 Å². The number of carbonyl (C=O) groups excluding carboxylic acids is 1. The minimum absolute atomic E-state index is 0.00227. The average Bonchev–Trinajstić information content (AvgIpc) is 2.97. The van der Waals surface area contributed by atoms with Gasteiger partial charge in [0, 0.05) is 33.6 Å². The summed E-state index contributed by atoms with van der Waals surface area (Å²) in [5, 5.41) is 9.43. The van der Waals surface area contributed by atoms with Gasteiger partial charge in [-0.25, -0.2) is 4.99 Å². The minimum atomic E-state index is -0.874. The largest absolute Gasteiger partial charge is 0.481 e. The lowest BCUT2D eigenvalue weighted by Gasteiger charge is -2.28. The Hall–Kier alpha value is -2.55. The number of oxazole rings is 1. The third-order valence-corrected chi connectivity index (χ3v) is 4.59. The van der Waals surface area contributed by atoms with Crippen LogP contribution in [0.5, 0.6) is 0 Å². The summed E-state index contributed by atoms with van der Waals surface area (Å²) in [7, 11) is 3.69. The molecule has 25 heavy (non-hydrogen) atoms. The van der Waals surface area contributed by atoms with E-state index >= 15 is 0 Å². The first kappa shape index (κ1) is 17.3. The summed E-state index contributed by atoms with van der Waals surface area (Å²) in [6.07, 6.45) is 0.389. The molecule has 1 N–H and O–H groups in total. The molecule has 0 amide bonds. The lowest BCUT2D eigenvalue weighted by atomic mass is 10.3. The van der Waals surface area contributed by atoms with Gasteiger partial charge in [-0.15, -0.1) is 0 Å². The number of thioether (sulfide) groups is 1. The summed E-state index contributed by atoms with van der Waals surface area (Å²) < 4.78 is 5.61. The molecule has 0 atom stereocenters. The van der Waals surface area contributed by atoms with Crippen molar-refractivity contribution in [3.63, 3.8) is 0 Å². The van der Waals surface area contributed by atoms with Crippen LogP contribution >= 0.6 is 11.8 Å². The molecule has 1 aliphatic rings. The minimum Gasteiger partial charge on any atom is -0.481 e. The number of anilines is 1. The van der Waals surface area contributed by atoms with Crippen molar-refractivity contribution in [3.05, 3.63) is 18.2 Å². The van der Waals surface area contributed by atoms with Crippen molar-refractivity contribution < 1.29 is 19.1 Å². The number of hydrogen-bond donors (Lipinski definition) is 1. The van der Waals surface area contributed by atoms with Gasteiger partial charge in [0.2, 0.25) is 0 Å². The number of fused-ring (bicyclic) bond motifs is 1. The van der Waals surface area contributed by atoms with E-state index in [4.69, 9.17) is 9.52 Å². The molecule has 9 heteroatoms. The van der Waals surface area contributed by atoms with Crippen LogP contribution in [0, 0.1) is 0 Å². The zero-order chi connectivity index (χ0) is 18.0. The molecule has 0 bridgehead atoms. The number of rotatable bonds is 5. The van der Waals surface area contributed by atoms with Crippen LogP contribution in [0.2, 0.25) is 0 Å². The Kier molecular flexibility index (Phi) is 4.93. The van der Waals surface area contributed by atoms with E-state index < -0.39 is 5.97 Å². The number of nitrogens with zero attached hydrogens (tertiary/aromatic N) is 4. The van der Waals surface area contributed by atoms with Gasteiger partial charge < -0.3 is 19.3 Å². The normalized spacial score (nSPS) is 16.6. The molecule has 0 unspecified atom stereocenters. The van der Waals surface area contributed by atoms with Crippen LogP contribution in [0.4, 0.5) is 11.7 Å². The molecular formula is C16H18N4O4S. The number of benzene rings is 1. The van der Waals surface area contributed by atoms with Crippen molar-refractivity contribution in [3.8, 4) is 0 Å². The standard InChI is InChI=1S/C16H18N4O4S/c1-19(2)15-18-11-9-10(3-4-12(11)24-15)17-16-20(7-5-13(21)22)8-6-14(23)25-16/h3-4,9H,5-8H2,1-2H3,(H,21,22). The predicted molar refractivity (Wildman–Crippen MR) is 96.5 cm³/mol. The van der Waals surface area contributed by atoms with E-state index in [-0.39, 0.29) is 11.5 Å². The van der Waals surface area contributed by atoms with E-state index in [1.165, 1.54) is 0 Å². The van der Waals surface area contributed by atoms with Crippen molar-refractivity contribution >= 4 is 50.8 Å². The van der Waals surface area contributed by atoms with Crippen LogP contribution in [0.1, 0.15) is 12.8 Å². The van der Waals surface area contributed by atoms with Crippen LogP contribution in [0.25, 0.3) is 11.1 Å². The first-order chi connectivity index (χ1) is 11.9. The van der Waals surface area contributed by atoms with Gasteiger partial charge in [0.05, 0.1) is 12.1 Å². The topological polar surface area (TPSA) is 99.2 Å². The number of aliphatic carboxylic acids is 1. The van der Waals surface area contributed by atoms with Gasteiger partial charge in [-0.2, -0.15) is 4.98 Å². The molecule has 2 heterocycles. The van der Waals surface area contributed by atoms with Gasteiger partial charge >= 0.3 is 5.97 Å².